The van der Waals surface area contributed by atoms with Gasteiger partial charge in [0.05, 0.1) is 5.75 Å². The Balaban J connectivity index is 2.47. The molecule has 17 heavy (non-hydrogen) atoms. The van der Waals surface area contributed by atoms with E-state index < -0.39 is 10.0 Å². The van der Waals surface area contributed by atoms with Gasteiger partial charge in [0.2, 0.25) is 10.0 Å². The van der Waals surface area contributed by atoms with E-state index in [4.69, 9.17) is 23.2 Å². The molecule has 1 rings (SSSR count). The highest BCUT2D eigenvalue weighted by Gasteiger charge is 2.08. The lowest BCUT2D eigenvalue weighted by Gasteiger charge is -2.06. The lowest BCUT2D eigenvalue weighted by Crippen LogP contribution is -2.23. The minimum atomic E-state index is -3.13. The molecule has 96 valence electrons. The lowest BCUT2D eigenvalue weighted by molar-refractivity contribution is 0.590. The fraction of sp³-hybridized carbons (Fsp3) is 0.400. The van der Waals surface area contributed by atoms with Crippen LogP contribution >= 0.6 is 35.0 Å². The molecule has 0 bridgehead atoms. The summed E-state index contributed by atoms with van der Waals surface area (Å²) >= 11 is 13.5. The van der Waals surface area contributed by atoms with Crippen molar-refractivity contribution in [3.05, 3.63) is 33.8 Å². The van der Waals surface area contributed by atoms with Gasteiger partial charge in [-0.1, -0.05) is 29.3 Å². The minimum absolute atomic E-state index is 0.0935. The van der Waals surface area contributed by atoms with Gasteiger partial charge >= 0.3 is 0 Å². The van der Waals surface area contributed by atoms with Crippen molar-refractivity contribution in [1.29, 1.82) is 0 Å². The van der Waals surface area contributed by atoms with Crippen LogP contribution in [0.25, 0.3) is 0 Å². The fourth-order valence-corrected chi connectivity index (χ4v) is 4.02. The first-order valence-electron chi connectivity index (χ1n) is 4.88. The summed E-state index contributed by atoms with van der Waals surface area (Å²) in [6.45, 7) is 0. The zero-order valence-corrected chi connectivity index (χ0v) is 12.4. The van der Waals surface area contributed by atoms with Gasteiger partial charge in [0.1, 0.15) is 0 Å². The van der Waals surface area contributed by atoms with Crippen molar-refractivity contribution >= 4 is 45.0 Å². The van der Waals surface area contributed by atoms with Crippen LogP contribution in [0.15, 0.2) is 18.2 Å². The Bertz CT molecular complexity index is 457. The maximum absolute atomic E-state index is 11.2. The Kier molecular flexibility index (Phi) is 6.09. The van der Waals surface area contributed by atoms with Gasteiger partial charge in [-0.3, -0.25) is 0 Å². The van der Waals surface area contributed by atoms with E-state index in [9.17, 15) is 8.42 Å². The van der Waals surface area contributed by atoms with Crippen LogP contribution in [-0.2, 0) is 15.8 Å². The molecule has 0 spiro atoms. The molecule has 0 heterocycles. The first-order valence-corrected chi connectivity index (χ1v) is 8.44. The summed E-state index contributed by atoms with van der Waals surface area (Å²) in [7, 11) is -1.72. The van der Waals surface area contributed by atoms with Crippen LogP contribution in [0.4, 0.5) is 0 Å². The van der Waals surface area contributed by atoms with Crippen molar-refractivity contribution in [2.24, 2.45) is 0 Å². The van der Waals surface area contributed by atoms with Crippen LogP contribution in [0.2, 0.25) is 10.0 Å². The van der Waals surface area contributed by atoms with E-state index in [0.29, 0.717) is 21.6 Å². The van der Waals surface area contributed by atoms with Crippen LogP contribution in [-0.4, -0.2) is 27.0 Å². The number of hydrogen-bond acceptors (Lipinski definition) is 3. The van der Waals surface area contributed by atoms with Crippen LogP contribution in [0.1, 0.15) is 5.56 Å². The molecular weight excluding hydrogens is 301 g/mol. The molecule has 0 saturated carbocycles. The van der Waals surface area contributed by atoms with E-state index in [-0.39, 0.29) is 5.75 Å². The largest absolute Gasteiger partial charge is 0.218 e. The molecule has 0 saturated heterocycles. The molecule has 1 aromatic carbocycles. The molecule has 0 aromatic heterocycles. The summed E-state index contributed by atoms with van der Waals surface area (Å²) in [6.07, 6.45) is 0. The van der Waals surface area contributed by atoms with E-state index in [1.54, 1.807) is 18.2 Å². The zero-order valence-electron chi connectivity index (χ0n) is 9.24. The van der Waals surface area contributed by atoms with Gasteiger partial charge in [-0.05, 0) is 24.7 Å². The first-order chi connectivity index (χ1) is 7.96. The Hall–Kier alpha value is 0.0600. The van der Waals surface area contributed by atoms with Gasteiger partial charge in [-0.25, -0.2) is 13.1 Å². The van der Waals surface area contributed by atoms with Gasteiger partial charge < -0.3 is 0 Å². The molecule has 0 aliphatic heterocycles. The molecule has 1 aromatic rings. The van der Waals surface area contributed by atoms with Gasteiger partial charge in [-0.2, -0.15) is 11.8 Å². The second kappa shape index (κ2) is 6.85. The molecule has 0 aliphatic rings. The Morgan fingerprint density at radius 1 is 1.29 bits per heavy atom. The monoisotopic (exact) mass is 313 g/mol. The van der Waals surface area contributed by atoms with Gasteiger partial charge in [0.25, 0.3) is 0 Å². The van der Waals surface area contributed by atoms with E-state index in [1.165, 1.54) is 18.8 Å². The lowest BCUT2D eigenvalue weighted by atomic mass is 10.2. The number of rotatable bonds is 6. The van der Waals surface area contributed by atoms with Crippen molar-refractivity contribution in [2.75, 3.05) is 18.6 Å². The molecule has 0 amide bonds. The molecule has 0 atom stereocenters. The molecular formula is C10H13Cl2NO2S2. The summed E-state index contributed by atoms with van der Waals surface area (Å²) in [4.78, 5) is 0. The smallest absolute Gasteiger partial charge is 0.212 e. The fourth-order valence-electron chi connectivity index (χ4n) is 1.12. The summed E-state index contributed by atoms with van der Waals surface area (Å²) in [5, 5.41) is 1.22. The van der Waals surface area contributed by atoms with E-state index >= 15 is 0 Å². The first kappa shape index (κ1) is 15.1. The number of halogens is 2. The summed E-state index contributed by atoms with van der Waals surface area (Å²) in [5.74, 6) is 1.21. The number of hydrogen-bond donors (Lipinski definition) is 1. The third kappa shape index (κ3) is 5.06. The molecule has 0 radical (unpaired) electrons. The van der Waals surface area contributed by atoms with E-state index in [0.717, 1.165) is 5.56 Å². The number of sulfonamides is 1. The third-order valence-electron chi connectivity index (χ3n) is 2.12. The molecule has 3 nitrogen and oxygen atoms in total. The van der Waals surface area contributed by atoms with Crippen LogP contribution in [0.3, 0.4) is 0 Å². The highest BCUT2D eigenvalue weighted by atomic mass is 35.5. The predicted molar refractivity (Wildman–Crippen MR) is 75.5 cm³/mol. The van der Waals surface area contributed by atoms with Gasteiger partial charge in [-0.15, -0.1) is 0 Å². The van der Waals surface area contributed by atoms with E-state index in [1.807, 2.05) is 0 Å². The van der Waals surface area contributed by atoms with Gasteiger partial charge in [0, 0.05) is 21.6 Å². The highest BCUT2D eigenvalue weighted by Crippen LogP contribution is 2.28. The van der Waals surface area contributed by atoms with Crippen LogP contribution < -0.4 is 4.72 Å². The highest BCUT2D eigenvalue weighted by molar-refractivity contribution is 7.99. The van der Waals surface area contributed by atoms with Crippen molar-refractivity contribution in [1.82, 2.24) is 4.72 Å². The second-order valence-electron chi connectivity index (χ2n) is 3.28. The van der Waals surface area contributed by atoms with Crippen molar-refractivity contribution in [2.45, 2.75) is 5.75 Å². The normalized spacial score (nSPS) is 11.7. The summed E-state index contributed by atoms with van der Waals surface area (Å²) < 4.78 is 24.6. The molecule has 1 N–H and O–H groups in total. The SMILES string of the molecule is CNS(=O)(=O)CCSCc1c(Cl)cccc1Cl. The molecule has 0 aliphatic carbocycles. The van der Waals surface area contributed by atoms with Gasteiger partial charge in [0.15, 0.2) is 0 Å². The third-order valence-corrected chi connectivity index (χ3v) is 5.43. The van der Waals surface area contributed by atoms with Crippen LogP contribution in [0.5, 0.6) is 0 Å². The van der Waals surface area contributed by atoms with Crippen molar-refractivity contribution in [3.8, 4) is 0 Å². The molecule has 7 heteroatoms. The summed E-state index contributed by atoms with van der Waals surface area (Å²) in [5.41, 5.74) is 0.850. The minimum Gasteiger partial charge on any atom is -0.218 e. The Morgan fingerprint density at radius 3 is 2.41 bits per heavy atom. The average molecular weight is 314 g/mol. The summed E-state index contributed by atoms with van der Waals surface area (Å²) in [6, 6.07) is 5.33. The Labute approximate surface area is 116 Å². The second-order valence-corrected chi connectivity index (χ2v) is 7.24. The standard InChI is InChI=1S/C10H13Cl2NO2S2/c1-13-17(14,15)6-5-16-7-8-9(11)3-2-4-10(8)12/h2-4,13H,5-7H2,1H3. The molecule has 0 unspecified atom stereocenters. The number of thioether (sulfide) groups is 1. The number of nitrogens with one attached hydrogen (secondary N) is 1. The Morgan fingerprint density at radius 2 is 1.88 bits per heavy atom. The molecule has 0 fully saturated rings. The van der Waals surface area contributed by atoms with Crippen LogP contribution in [0, 0.1) is 0 Å². The topological polar surface area (TPSA) is 46.2 Å². The predicted octanol–water partition coefficient (Wildman–Crippen LogP) is 2.78. The van der Waals surface area contributed by atoms with Crippen molar-refractivity contribution in [3.63, 3.8) is 0 Å². The zero-order chi connectivity index (χ0) is 12.9. The maximum Gasteiger partial charge on any atom is 0.212 e. The van der Waals surface area contributed by atoms with Crippen molar-refractivity contribution < 1.29 is 8.42 Å². The van der Waals surface area contributed by atoms with E-state index in [2.05, 4.69) is 4.72 Å². The maximum atomic E-state index is 11.2. The quantitative estimate of drug-likeness (QED) is 0.821. The number of benzene rings is 1. The average Bonchev–Trinajstić information content (AvgIpc) is 2.27.